The van der Waals surface area contributed by atoms with Gasteiger partial charge in [-0.1, -0.05) is 24.3 Å². The molecule has 0 spiro atoms. The summed E-state index contributed by atoms with van der Waals surface area (Å²) in [4.78, 5) is 116. The number of aromatic nitrogens is 12. The highest BCUT2D eigenvalue weighted by atomic mass is 16.5. The predicted molar refractivity (Wildman–Crippen MR) is 470 cm³/mol. The maximum atomic E-state index is 12.7. The first-order chi connectivity index (χ1) is 62.3. The van der Waals surface area contributed by atoms with Gasteiger partial charge in [-0.15, -0.1) is 0 Å². The molecule has 0 saturated heterocycles. The van der Waals surface area contributed by atoms with Crippen molar-refractivity contribution in [3.05, 3.63) is 193 Å². The Hall–Kier alpha value is -15.5. The minimum absolute atomic E-state index is 0.00599. The van der Waals surface area contributed by atoms with Crippen molar-refractivity contribution in [3.8, 4) is 68.0 Å². The van der Waals surface area contributed by atoms with E-state index < -0.39 is 25.8 Å². The number of nitrogens with zero attached hydrogens (tertiary/aromatic N) is 12. The van der Waals surface area contributed by atoms with Crippen LogP contribution in [-0.4, -0.2) is 163 Å². The summed E-state index contributed by atoms with van der Waals surface area (Å²) in [6.45, 7) is -5.35. The highest BCUT2D eigenvalue weighted by molar-refractivity contribution is 6.06. The fourth-order valence-electron chi connectivity index (χ4n) is 13.1. The van der Waals surface area contributed by atoms with E-state index in [4.69, 9.17) is 27.2 Å². The molecular weight excluding hydrogens is 1590 g/mol. The predicted octanol–water partition coefficient (Wildman–Crippen LogP) is 11.8. The second-order valence-corrected chi connectivity index (χ2v) is 29.1. The van der Waals surface area contributed by atoms with Crippen molar-refractivity contribution in [3.63, 3.8) is 0 Å². The van der Waals surface area contributed by atoms with Crippen LogP contribution in [0.15, 0.2) is 171 Å². The van der Waals surface area contributed by atoms with Gasteiger partial charge >= 0.3 is 0 Å². The zero-order chi connectivity index (χ0) is 92.8. The van der Waals surface area contributed by atoms with Crippen LogP contribution in [0.5, 0.6) is 23.0 Å². The number of hydrogen-bond donors (Lipinski definition) is 12. The number of carbonyl (C=O) groups excluding carboxylic acids is 8. The summed E-state index contributed by atoms with van der Waals surface area (Å²) in [5, 5.41) is 50.4. The Kier molecular flexibility index (Phi) is 24.7. The number of benzene rings is 4. The Morgan fingerprint density at radius 2 is 0.621 bits per heavy atom. The van der Waals surface area contributed by atoms with Gasteiger partial charge in [-0.3, -0.25) is 57.1 Å². The van der Waals surface area contributed by atoms with E-state index >= 15 is 0 Å². The first kappa shape index (κ1) is 78.3. The lowest BCUT2D eigenvalue weighted by molar-refractivity contribution is -0.118. The summed E-state index contributed by atoms with van der Waals surface area (Å²) in [6, 6.07) is 35.9. The van der Waals surface area contributed by atoms with Crippen LogP contribution in [0.1, 0.15) is 101 Å². The number of carbonyl (C=O) groups is 8. The fourth-order valence-corrected chi connectivity index (χ4v) is 13.1. The van der Waals surface area contributed by atoms with Crippen LogP contribution >= 0.6 is 0 Å². The van der Waals surface area contributed by atoms with Gasteiger partial charge < -0.3 is 82.7 Å². The van der Waals surface area contributed by atoms with Gasteiger partial charge in [0.15, 0.2) is 23.0 Å². The number of para-hydroxylation sites is 4. The van der Waals surface area contributed by atoms with Crippen LogP contribution in [0.4, 0.5) is 68.8 Å². The van der Waals surface area contributed by atoms with Crippen molar-refractivity contribution >= 4 is 116 Å². The summed E-state index contributed by atoms with van der Waals surface area (Å²) in [6.07, 6.45) is 19.3. The lowest BCUT2D eigenvalue weighted by Crippen LogP contribution is -2.20. The van der Waals surface area contributed by atoms with E-state index in [0.717, 1.165) is 90.7 Å². The minimum Gasteiger partial charge on any atom is -0.494 e. The number of amides is 8. The Balaban J connectivity index is 0.000000148. The van der Waals surface area contributed by atoms with Gasteiger partial charge in [-0.25, -0.2) is 19.9 Å². The number of aryl methyl sites for hydroxylation is 4. The third-order valence-electron chi connectivity index (χ3n) is 20.2. The molecule has 8 amide bonds. The van der Waals surface area contributed by atoms with Crippen molar-refractivity contribution in [1.82, 2.24) is 80.3 Å². The van der Waals surface area contributed by atoms with Gasteiger partial charge in [0.1, 0.15) is 23.3 Å². The SMILES string of the molecule is CNC(=O)c1cnc(NC(=O)C2CC2)cc1Nc1cccc(-c2ccn(C)n2)c1OC.CNC(=O)c1cnc(NC(=O)C2CC2)cc1Nc1cccc(-c2ccnn2C)c1OC.[2H]C([2H])([2H])NC(=O)c1cnc(NC(=O)C2CC2)cc1Nc1cccc(-c2ccn(C)n2)c1OC.[2H]C([2H])([2H])NC(=O)c1cnc(NC(=O)C2CC2)cc1Nc1cccc(-c2ccnn2C)c1OC. The van der Waals surface area contributed by atoms with Crippen LogP contribution in [0, 0.1) is 23.7 Å². The van der Waals surface area contributed by atoms with Gasteiger partial charge in [0.2, 0.25) is 23.6 Å². The molecule has 12 N–H and O–H groups in total. The number of ether oxygens (including phenoxy) is 4. The smallest absolute Gasteiger partial charge is 0.254 e. The maximum Gasteiger partial charge on any atom is 0.254 e. The standard InChI is InChI=1S/4C22H24N6O3/c2*1-23-22(30)15-12-24-19(26-21(29)13-7-8-13)11-18(15)25-17-6-4-5-14(20(17)31-3)16-9-10-28(2)27-16;2*1-23-22(30)15-12-24-19(27-21(29)13-7-8-13)11-17(15)26-16-6-4-5-14(20(16)31-3)18-9-10-25-28(18)2/h2*4-6,9-13H,7-8H2,1-3H3,(H,23,30)(H2,24,25,26,29);2*4-6,9-13H,7-8H2,1-3H3,(H,23,30)(H2,24,26,27,29)/i1D3;;1D3;. The van der Waals surface area contributed by atoms with E-state index in [-0.39, 0.29) is 93.3 Å². The topological polar surface area (TPSA) is 441 Å². The molecule has 4 aromatic carbocycles. The Bertz CT molecular complexity index is 6230. The van der Waals surface area contributed by atoms with Gasteiger partial charge in [0.05, 0.1) is 119 Å². The van der Waals surface area contributed by atoms with Crippen LogP contribution in [0.3, 0.4) is 0 Å². The number of methoxy groups -OCH3 is 4. The fraction of sp³-hybridized carbons (Fsp3) is 0.273. The molecular formula is C88H96N24O12. The van der Waals surface area contributed by atoms with Crippen molar-refractivity contribution < 1.29 is 65.5 Å². The number of pyridine rings is 4. The van der Waals surface area contributed by atoms with Crippen molar-refractivity contribution in [2.75, 3.05) is 99.0 Å². The summed E-state index contributed by atoms with van der Waals surface area (Å²) in [5.41, 5.74) is 10.8. The molecule has 640 valence electrons. The normalized spacial score (nSPS) is 13.8. The lowest BCUT2D eigenvalue weighted by atomic mass is 10.1. The van der Waals surface area contributed by atoms with Crippen LogP contribution in [0.25, 0.3) is 45.0 Å². The van der Waals surface area contributed by atoms with E-state index in [2.05, 4.69) is 93.5 Å². The monoisotopic (exact) mass is 1690 g/mol. The molecule has 36 heteroatoms. The third kappa shape index (κ3) is 20.8. The van der Waals surface area contributed by atoms with Crippen LogP contribution in [-0.2, 0) is 47.4 Å². The molecule has 0 radical (unpaired) electrons. The van der Waals surface area contributed by atoms with E-state index in [1.165, 1.54) is 51.1 Å². The van der Waals surface area contributed by atoms with E-state index in [9.17, 15) is 38.4 Å². The third-order valence-corrected chi connectivity index (χ3v) is 20.2. The summed E-state index contributed by atoms with van der Waals surface area (Å²) < 4.78 is 73.7. The quantitative estimate of drug-likeness (QED) is 0.0217. The van der Waals surface area contributed by atoms with E-state index in [0.29, 0.717) is 85.6 Å². The molecule has 16 rings (SSSR count). The van der Waals surface area contributed by atoms with Crippen LogP contribution in [0.2, 0.25) is 0 Å². The average molecular weight is 1690 g/mol. The molecule has 124 heavy (non-hydrogen) atoms. The van der Waals surface area contributed by atoms with Gasteiger partial charge in [0.25, 0.3) is 23.6 Å². The summed E-state index contributed by atoms with van der Waals surface area (Å²) in [5.74, 6) is 0.773. The first-order valence-electron chi connectivity index (χ1n) is 42.4. The average Bonchev–Trinajstić information content (AvgIpc) is 1.55. The van der Waals surface area contributed by atoms with E-state index in [1.807, 2.05) is 130 Å². The largest absolute Gasteiger partial charge is 0.494 e. The molecule has 0 atom stereocenters. The first-order valence-corrected chi connectivity index (χ1v) is 39.4. The second-order valence-electron chi connectivity index (χ2n) is 29.1. The zero-order valence-electron chi connectivity index (χ0n) is 75.4. The van der Waals surface area contributed by atoms with Gasteiger partial charge in [-0.2, -0.15) is 20.4 Å². The molecule has 12 aromatic rings. The van der Waals surface area contributed by atoms with Gasteiger partial charge in [-0.05, 0) is 124 Å². The molecule has 4 fully saturated rings. The highest BCUT2D eigenvalue weighted by Crippen LogP contribution is 2.44. The molecule has 0 aliphatic heterocycles. The Morgan fingerprint density at radius 3 is 0.847 bits per heavy atom. The second kappa shape index (κ2) is 39.1. The van der Waals surface area contributed by atoms with E-state index in [1.54, 1.807) is 89.8 Å². The van der Waals surface area contributed by atoms with Crippen molar-refractivity contribution in [1.29, 1.82) is 0 Å². The minimum atomic E-state index is -2.68. The number of rotatable bonds is 28. The maximum absolute atomic E-state index is 12.7. The molecule has 4 aliphatic rings. The molecule has 8 heterocycles. The molecule has 0 unspecified atom stereocenters. The molecule has 0 bridgehead atoms. The summed E-state index contributed by atoms with van der Waals surface area (Å²) >= 11 is 0. The van der Waals surface area contributed by atoms with Crippen LogP contribution < -0.4 is 82.7 Å². The molecule has 36 nitrogen and oxygen atoms in total. The molecule has 4 saturated carbocycles. The lowest BCUT2D eigenvalue weighted by Gasteiger charge is -2.17. The van der Waals surface area contributed by atoms with Crippen molar-refractivity contribution in [2.45, 2.75) is 51.4 Å². The Morgan fingerprint density at radius 1 is 0.355 bits per heavy atom. The number of nitrogens with one attached hydrogen (secondary N) is 12. The molecule has 8 aromatic heterocycles. The molecule has 4 aliphatic carbocycles. The van der Waals surface area contributed by atoms with Gasteiger partial charge in [0, 0.05) is 184 Å². The zero-order valence-corrected chi connectivity index (χ0v) is 69.4. The number of anilines is 12. The number of hydrogen-bond acceptors (Lipinski definition) is 24. The summed E-state index contributed by atoms with van der Waals surface area (Å²) in [7, 11) is 16.6. The Labute approximate surface area is 722 Å². The highest BCUT2D eigenvalue weighted by Gasteiger charge is 2.34. The van der Waals surface area contributed by atoms with Crippen molar-refractivity contribution in [2.24, 2.45) is 51.9 Å².